The van der Waals surface area contributed by atoms with Crippen molar-refractivity contribution in [3.05, 3.63) is 58.2 Å². The first kappa shape index (κ1) is 18.4. The number of nitriles is 1. The van der Waals surface area contributed by atoms with Gasteiger partial charge in [-0.3, -0.25) is 0 Å². The second-order valence-electron chi connectivity index (χ2n) is 5.23. The summed E-state index contributed by atoms with van der Waals surface area (Å²) < 4.78 is 48.5. The maximum atomic E-state index is 12.7. The van der Waals surface area contributed by atoms with Gasteiger partial charge in [0, 0.05) is 0 Å². The number of ether oxygens (including phenoxy) is 2. The molecule has 1 aliphatic rings. The molecule has 1 aliphatic heterocycles. The predicted octanol–water partition coefficient (Wildman–Crippen LogP) is 3.35. The number of hydrogen-bond acceptors (Lipinski definition) is 5. The quantitative estimate of drug-likeness (QED) is 0.843. The summed E-state index contributed by atoms with van der Waals surface area (Å²) in [6, 6.07) is 6.03. The largest absolute Gasteiger partial charge is 0.463 e. The molecule has 0 amide bonds. The van der Waals surface area contributed by atoms with Crippen molar-refractivity contribution in [3.8, 4) is 6.07 Å². The molecular formula is C17H15F3N2O3. The zero-order chi connectivity index (χ0) is 18.8. The van der Waals surface area contributed by atoms with E-state index in [1.807, 2.05) is 6.07 Å². The van der Waals surface area contributed by atoms with E-state index in [0.29, 0.717) is 5.56 Å². The van der Waals surface area contributed by atoms with Crippen LogP contribution in [0.2, 0.25) is 0 Å². The fourth-order valence-corrected chi connectivity index (χ4v) is 2.55. The van der Waals surface area contributed by atoms with Crippen LogP contribution < -0.4 is 5.73 Å². The minimum Gasteiger partial charge on any atom is -0.463 e. The SMILES string of the molecule is CCOC(=O)C1=C(C)OC(N)=C(C#N)[C@@H]1c1ccc(C(F)(F)F)cc1. The molecule has 1 atom stereocenters. The van der Waals surface area contributed by atoms with Crippen molar-refractivity contribution in [2.24, 2.45) is 5.73 Å². The molecule has 8 heteroatoms. The van der Waals surface area contributed by atoms with E-state index < -0.39 is 23.6 Å². The van der Waals surface area contributed by atoms with Crippen LogP contribution in [0.3, 0.4) is 0 Å². The molecule has 0 saturated heterocycles. The third-order valence-electron chi connectivity index (χ3n) is 3.67. The second-order valence-corrected chi connectivity index (χ2v) is 5.23. The molecule has 0 spiro atoms. The van der Waals surface area contributed by atoms with Gasteiger partial charge in [0.25, 0.3) is 0 Å². The van der Waals surface area contributed by atoms with Gasteiger partial charge >= 0.3 is 12.1 Å². The molecule has 0 aromatic heterocycles. The Morgan fingerprint density at radius 3 is 2.44 bits per heavy atom. The normalized spacial score (nSPS) is 17.8. The van der Waals surface area contributed by atoms with Gasteiger partial charge in [-0.1, -0.05) is 12.1 Å². The van der Waals surface area contributed by atoms with Crippen LogP contribution >= 0.6 is 0 Å². The summed E-state index contributed by atoms with van der Waals surface area (Å²) in [6.45, 7) is 3.18. The molecule has 5 nitrogen and oxygen atoms in total. The highest BCUT2D eigenvalue weighted by Crippen LogP contribution is 2.40. The molecule has 0 radical (unpaired) electrons. The van der Waals surface area contributed by atoms with Crippen LogP contribution in [-0.4, -0.2) is 12.6 Å². The van der Waals surface area contributed by atoms with Gasteiger partial charge in [0.05, 0.1) is 23.7 Å². The van der Waals surface area contributed by atoms with E-state index in [2.05, 4.69) is 0 Å². The predicted molar refractivity (Wildman–Crippen MR) is 81.4 cm³/mol. The molecule has 0 aliphatic carbocycles. The average molecular weight is 352 g/mol. The Morgan fingerprint density at radius 1 is 1.36 bits per heavy atom. The van der Waals surface area contributed by atoms with E-state index in [4.69, 9.17) is 15.2 Å². The molecule has 1 aromatic carbocycles. The maximum Gasteiger partial charge on any atom is 0.416 e. The van der Waals surface area contributed by atoms with Crippen LogP contribution in [0.5, 0.6) is 0 Å². The van der Waals surface area contributed by atoms with E-state index in [-0.39, 0.29) is 29.4 Å². The first-order valence-electron chi connectivity index (χ1n) is 7.33. The lowest BCUT2D eigenvalue weighted by molar-refractivity contribution is -0.139. The van der Waals surface area contributed by atoms with Gasteiger partial charge in [-0.05, 0) is 31.5 Å². The second kappa shape index (κ2) is 6.89. The molecule has 0 bridgehead atoms. The average Bonchev–Trinajstić information content (AvgIpc) is 2.53. The van der Waals surface area contributed by atoms with Gasteiger partial charge in [-0.15, -0.1) is 0 Å². The highest BCUT2D eigenvalue weighted by Gasteiger charge is 2.37. The summed E-state index contributed by atoms with van der Waals surface area (Å²) in [5.41, 5.74) is 5.15. The molecule has 2 rings (SSSR count). The van der Waals surface area contributed by atoms with Gasteiger partial charge in [0.2, 0.25) is 5.88 Å². The standard InChI is InChI=1S/C17H15F3N2O3/c1-3-24-16(23)13-9(2)25-15(22)12(8-21)14(13)10-4-6-11(7-5-10)17(18,19)20/h4-7,14H,3,22H2,1-2H3/t14-/m0/s1. The first-order valence-corrected chi connectivity index (χ1v) is 7.33. The van der Waals surface area contributed by atoms with Gasteiger partial charge in [-0.2, -0.15) is 18.4 Å². The Bertz CT molecular complexity index is 787. The summed E-state index contributed by atoms with van der Waals surface area (Å²) in [5.74, 6) is -1.73. The first-order chi connectivity index (χ1) is 11.7. The number of esters is 1. The van der Waals surface area contributed by atoms with Crippen molar-refractivity contribution < 1.29 is 27.4 Å². The fraction of sp³-hybridized carbons (Fsp3) is 0.294. The van der Waals surface area contributed by atoms with Crippen molar-refractivity contribution >= 4 is 5.97 Å². The van der Waals surface area contributed by atoms with Crippen LogP contribution in [0.15, 0.2) is 47.1 Å². The van der Waals surface area contributed by atoms with Gasteiger partial charge in [0.15, 0.2) is 0 Å². The Morgan fingerprint density at radius 2 is 1.96 bits per heavy atom. The number of allylic oxidation sites excluding steroid dienone is 2. The lowest BCUT2D eigenvalue weighted by atomic mass is 9.83. The van der Waals surface area contributed by atoms with Crippen LogP contribution in [0.1, 0.15) is 30.9 Å². The maximum absolute atomic E-state index is 12.7. The topological polar surface area (TPSA) is 85.3 Å². The van der Waals surface area contributed by atoms with Crippen LogP contribution in [0, 0.1) is 11.3 Å². The van der Waals surface area contributed by atoms with Crippen LogP contribution in [0.4, 0.5) is 13.2 Å². The highest BCUT2D eigenvalue weighted by molar-refractivity contribution is 5.92. The van der Waals surface area contributed by atoms with E-state index in [1.54, 1.807) is 6.92 Å². The van der Waals surface area contributed by atoms with Crippen molar-refractivity contribution in [1.29, 1.82) is 5.26 Å². The van der Waals surface area contributed by atoms with Gasteiger partial charge in [0.1, 0.15) is 17.4 Å². The van der Waals surface area contributed by atoms with E-state index in [9.17, 15) is 23.2 Å². The number of carbonyl (C=O) groups is 1. The number of halogens is 3. The molecule has 132 valence electrons. The molecular weight excluding hydrogens is 337 g/mol. The highest BCUT2D eigenvalue weighted by atomic mass is 19.4. The molecule has 0 unspecified atom stereocenters. The third-order valence-corrected chi connectivity index (χ3v) is 3.67. The van der Waals surface area contributed by atoms with Crippen LogP contribution in [0.25, 0.3) is 0 Å². The van der Waals surface area contributed by atoms with E-state index >= 15 is 0 Å². The summed E-state index contributed by atoms with van der Waals surface area (Å²) in [4.78, 5) is 12.3. The lowest BCUT2D eigenvalue weighted by Gasteiger charge is -2.27. The third kappa shape index (κ3) is 3.60. The van der Waals surface area contributed by atoms with Crippen LogP contribution in [-0.2, 0) is 20.4 Å². The monoisotopic (exact) mass is 352 g/mol. The van der Waals surface area contributed by atoms with Crippen molar-refractivity contribution in [1.82, 2.24) is 0 Å². The Kier molecular flexibility index (Phi) is 5.07. The zero-order valence-corrected chi connectivity index (χ0v) is 13.5. The number of benzene rings is 1. The number of alkyl halides is 3. The molecule has 2 N–H and O–H groups in total. The Hall–Kier alpha value is -2.95. The summed E-state index contributed by atoms with van der Waals surface area (Å²) >= 11 is 0. The number of hydrogen-bond donors (Lipinski definition) is 1. The summed E-state index contributed by atoms with van der Waals surface area (Å²) in [7, 11) is 0. The summed E-state index contributed by atoms with van der Waals surface area (Å²) in [6.07, 6.45) is -4.49. The zero-order valence-electron chi connectivity index (χ0n) is 13.5. The Balaban J connectivity index is 2.57. The van der Waals surface area contributed by atoms with Gasteiger partial charge in [-0.25, -0.2) is 4.79 Å². The minimum absolute atomic E-state index is 0.0346. The molecule has 0 saturated carbocycles. The van der Waals surface area contributed by atoms with E-state index in [0.717, 1.165) is 12.1 Å². The van der Waals surface area contributed by atoms with Crippen molar-refractivity contribution in [2.45, 2.75) is 25.9 Å². The molecule has 25 heavy (non-hydrogen) atoms. The molecule has 1 aromatic rings. The molecule has 0 fully saturated rings. The number of nitrogens with two attached hydrogens (primary N) is 1. The summed E-state index contributed by atoms with van der Waals surface area (Å²) in [5, 5.41) is 9.37. The van der Waals surface area contributed by atoms with Gasteiger partial charge < -0.3 is 15.2 Å². The molecule has 1 heterocycles. The van der Waals surface area contributed by atoms with E-state index in [1.165, 1.54) is 19.1 Å². The lowest BCUT2D eigenvalue weighted by Crippen LogP contribution is -2.25. The number of carbonyl (C=O) groups excluding carboxylic acids is 1. The Labute approximate surface area is 142 Å². The number of nitrogens with zero attached hydrogens (tertiary/aromatic N) is 1. The number of rotatable bonds is 3. The smallest absolute Gasteiger partial charge is 0.416 e. The van der Waals surface area contributed by atoms with Crippen molar-refractivity contribution in [2.75, 3.05) is 6.61 Å². The minimum atomic E-state index is -4.49. The van der Waals surface area contributed by atoms with Crippen molar-refractivity contribution in [3.63, 3.8) is 0 Å². The fourth-order valence-electron chi connectivity index (χ4n) is 2.55.